The van der Waals surface area contributed by atoms with Gasteiger partial charge in [0.25, 0.3) is 15.9 Å². The summed E-state index contributed by atoms with van der Waals surface area (Å²) in [5.74, 6) is -0.204. The van der Waals surface area contributed by atoms with E-state index in [0.717, 1.165) is 24.8 Å². The maximum Gasteiger partial charge on any atom is 0.266 e. The normalized spacial score (nSPS) is 14.6. The van der Waals surface area contributed by atoms with E-state index in [0.29, 0.717) is 30.2 Å². The summed E-state index contributed by atoms with van der Waals surface area (Å²) >= 11 is 0. The number of aromatic nitrogens is 1. The van der Waals surface area contributed by atoms with Gasteiger partial charge in [-0.3, -0.25) is 9.10 Å². The molecule has 1 aliphatic heterocycles. The lowest BCUT2D eigenvalue weighted by Crippen LogP contribution is -2.32. The van der Waals surface area contributed by atoms with E-state index in [2.05, 4.69) is 4.98 Å². The molecule has 2 aromatic rings. The van der Waals surface area contributed by atoms with Crippen LogP contribution in [0.4, 0.5) is 5.69 Å². The third kappa shape index (κ3) is 3.36. The van der Waals surface area contributed by atoms with Gasteiger partial charge in [-0.05, 0) is 44.7 Å². The maximum atomic E-state index is 13.5. The third-order valence-electron chi connectivity index (χ3n) is 5.26. The number of carbonyl (C=O) groups excluding carboxylic acids is 1. The summed E-state index contributed by atoms with van der Waals surface area (Å²) < 4.78 is 28.3. The molecule has 3 rings (SSSR count). The number of para-hydroxylation sites is 1. The van der Waals surface area contributed by atoms with E-state index in [1.54, 1.807) is 31.9 Å². The maximum absolute atomic E-state index is 13.5. The number of anilines is 1. The smallest absolute Gasteiger partial charge is 0.266 e. The van der Waals surface area contributed by atoms with Gasteiger partial charge in [0, 0.05) is 31.5 Å². The average molecular weight is 390 g/mol. The van der Waals surface area contributed by atoms with Gasteiger partial charge >= 0.3 is 0 Å². The van der Waals surface area contributed by atoms with Crippen LogP contribution in [-0.2, 0) is 16.4 Å². The number of aromatic amines is 1. The zero-order valence-electron chi connectivity index (χ0n) is 16.4. The monoisotopic (exact) mass is 389 g/mol. The van der Waals surface area contributed by atoms with Gasteiger partial charge in [-0.25, -0.2) is 8.42 Å². The van der Waals surface area contributed by atoms with Crippen molar-refractivity contribution < 1.29 is 13.2 Å². The quantitative estimate of drug-likeness (QED) is 0.853. The number of H-pyrrole nitrogens is 1. The Bertz CT molecular complexity index is 957. The number of hydrogen-bond acceptors (Lipinski definition) is 3. The zero-order valence-corrected chi connectivity index (χ0v) is 17.2. The van der Waals surface area contributed by atoms with E-state index in [1.165, 1.54) is 4.31 Å². The Kier molecular flexibility index (Phi) is 5.33. The van der Waals surface area contributed by atoms with Gasteiger partial charge in [-0.15, -0.1) is 0 Å². The molecule has 0 radical (unpaired) electrons. The number of amides is 1. The Labute approximate surface area is 161 Å². The fourth-order valence-corrected chi connectivity index (χ4v) is 5.45. The molecule has 7 heteroatoms. The van der Waals surface area contributed by atoms with Crippen LogP contribution in [-0.4, -0.2) is 44.3 Å². The number of nitrogens with zero attached hydrogens (tertiary/aromatic N) is 2. The number of sulfonamides is 1. The summed E-state index contributed by atoms with van der Waals surface area (Å²) in [6.07, 6.45) is 2.64. The molecule has 1 amide bonds. The van der Waals surface area contributed by atoms with Crippen LogP contribution >= 0.6 is 0 Å². The van der Waals surface area contributed by atoms with E-state index in [1.807, 2.05) is 25.1 Å². The highest BCUT2D eigenvalue weighted by molar-refractivity contribution is 7.93. The predicted molar refractivity (Wildman–Crippen MR) is 107 cm³/mol. The molecule has 146 valence electrons. The first kappa shape index (κ1) is 19.5. The molecule has 0 aliphatic carbocycles. The lowest BCUT2D eigenvalue weighted by atomic mass is 10.1. The van der Waals surface area contributed by atoms with Crippen molar-refractivity contribution in [3.05, 3.63) is 46.8 Å². The van der Waals surface area contributed by atoms with Crippen molar-refractivity contribution in [1.82, 2.24) is 9.88 Å². The molecule has 0 spiro atoms. The highest BCUT2D eigenvalue weighted by atomic mass is 32.2. The van der Waals surface area contributed by atoms with Crippen molar-refractivity contribution in [2.75, 3.05) is 24.4 Å². The lowest BCUT2D eigenvalue weighted by molar-refractivity contribution is 0.0788. The summed E-state index contributed by atoms with van der Waals surface area (Å²) in [7, 11) is -2.33. The fraction of sp³-hybridized carbons (Fsp3) is 0.450. The Balaban J connectivity index is 2.11. The zero-order chi connectivity index (χ0) is 19.8. The summed E-state index contributed by atoms with van der Waals surface area (Å²) in [5, 5.41) is 0. The van der Waals surface area contributed by atoms with Gasteiger partial charge in [0.05, 0.1) is 11.3 Å². The highest BCUT2D eigenvalue weighted by Crippen LogP contribution is 2.32. The summed E-state index contributed by atoms with van der Waals surface area (Å²) in [6.45, 7) is 6.82. The molecule has 0 unspecified atom stereocenters. The molecule has 2 heterocycles. The van der Waals surface area contributed by atoms with Crippen LogP contribution in [0, 0.1) is 13.8 Å². The van der Waals surface area contributed by atoms with Crippen molar-refractivity contribution >= 4 is 21.6 Å². The molecule has 0 atom stereocenters. The van der Waals surface area contributed by atoms with Crippen LogP contribution in [0.3, 0.4) is 0 Å². The van der Waals surface area contributed by atoms with Crippen molar-refractivity contribution in [3.63, 3.8) is 0 Å². The van der Waals surface area contributed by atoms with Crippen LogP contribution in [0.2, 0.25) is 0 Å². The summed E-state index contributed by atoms with van der Waals surface area (Å²) in [4.78, 5) is 18.0. The number of rotatable bonds is 5. The standard InChI is InChI=1S/C20H27N3O3S/c1-5-16-10-6-7-11-17(16)22(4)27(25,26)19-15(3)21-14(2)18(19)20(24)23-12-8-9-13-23/h6-7,10-11,21H,5,8-9,12-13H2,1-4H3. The van der Waals surface area contributed by atoms with Crippen LogP contribution in [0.15, 0.2) is 29.2 Å². The summed E-state index contributed by atoms with van der Waals surface area (Å²) in [5.41, 5.74) is 2.95. The Hall–Kier alpha value is -2.28. The van der Waals surface area contributed by atoms with Crippen molar-refractivity contribution in [3.8, 4) is 0 Å². The topological polar surface area (TPSA) is 73.5 Å². The van der Waals surface area contributed by atoms with E-state index >= 15 is 0 Å². The SMILES string of the molecule is CCc1ccccc1N(C)S(=O)(=O)c1c(C)[nH]c(C)c1C(=O)N1CCCC1. The van der Waals surface area contributed by atoms with Crippen LogP contribution in [0.25, 0.3) is 0 Å². The van der Waals surface area contributed by atoms with E-state index < -0.39 is 10.0 Å². The van der Waals surface area contributed by atoms with Crippen LogP contribution in [0.1, 0.15) is 47.1 Å². The van der Waals surface area contributed by atoms with Crippen LogP contribution in [0.5, 0.6) is 0 Å². The molecule has 1 aromatic heterocycles. The molecule has 1 aromatic carbocycles. The molecular formula is C20H27N3O3S. The number of aryl methyl sites for hydroxylation is 3. The van der Waals surface area contributed by atoms with Crippen molar-refractivity contribution in [1.29, 1.82) is 0 Å². The largest absolute Gasteiger partial charge is 0.361 e. The third-order valence-corrected chi connectivity index (χ3v) is 7.20. The van der Waals surface area contributed by atoms with E-state index in [4.69, 9.17) is 0 Å². The number of hydrogen-bond donors (Lipinski definition) is 1. The Morgan fingerprint density at radius 1 is 1.15 bits per heavy atom. The van der Waals surface area contributed by atoms with Gasteiger partial charge in [-0.2, -0.15) is 0 Å². The highest BCUT2D eigenvalue weighted by Gasteiger charge is 2.35. The van der Waals surface area contributed by atoms with Crippen molar-refractivity contribution in [2.45, 2.75) is 44.9 Å². The van der Waals surface area contributed by atoms with Crippen molar-refractivity contribution in [2.24, 2.45) is 0 Å². The number of nitrogens with one attached hydrogen (secondary N) is 1. The fourth-order valence-electron chi connectivity index (χ4n) is 3.80. The Morgan fingerprint density at radius 2 is 1.78 bits per heavy atom. The first-order chi connectivity index (χ1) is 12.8. The minimum Gasteiger partial charge on any atom is -0.361 e. The first-order valence-electron chi connectivity index (χ1n) is 9.34. The lowest BCUT2D eigenvalue weighted by Gasteiger charge is -2.23. The minimum absolute atomic E-state index is 0.0882. The number of carbonyl (C=O) groups is 1. The van der Waals surface area contributed by atoms with Gasteiger partial charge < -0.3 is 9.88 Å². The van der Waals surface area contributed by atoms with E-state index in [9.17, 15) is 13.2 Å². The van der Waals surface area contributed by atoms with Crippen LogP contribution < -0.4 is 4.31 Å². The van der Waals surface area contributed by atoms with E-state index in [-0.39, 0.29) is 16.4 Å². The van der Waals surface area contributed by atoms with Gasteiger partial charge in [0.2, 0.25) is 0 Å². The molecule has 1 aliphatic rings. The molecular weight excluding hydrogens is 362 g/mol. The van der Waals surface area contributed by atoms with Gasteiger partial charge in [-0.1, -0.05) is 25.1 Å². The minimum atomic E-state index is -3.89. The first-order valence-corrected chi connectivity index (χ1v) is 10.8. The number of likely N-dealkylation sites (tertiary alicyclic amines) is 1. The average Bonchev–Trinajstić information content (AvgIpc) is 3.28. The molecule has 27 heavy (non-hydrogen) atoms. The van der Waals surface area contributed by atoms with Gasteiger partial charge in [0.15, 0.2) is 0 Å². The Morgan fingerprint density at radius 3 is 2.41 bits per heavy atom. The number of benzene rings is 1. The molecule has 0 saturated carbocycles. The molecule has 6 nitrogen and oxygen atoms in total. The second-order valence-electron chi connectivity index (χ2n) is 7.03. The molecule has 0 bridgehead atoms. The second-order valence-corrected chi connectivity index (χ2v) is 8.94. The predicted octanol–water partition coefficient (Wildman–Crippen LogP) is 3.26. The van der Waals surface area contributed by atoms with Gasteiger partial charge in [0.1, 0.15) is 4.90 Å². The second kappa shape index (κ2) is 7.38. The molecule has 1 fully saturated rings. The molecule has 1 saturated heterocycles. The summed E-state index contributed by atoms with van der Waals surface area (Å²) in [6, 6.07) is 7.45. The molecule has 1 N–H and O–H groups in total.